The fourth-order valence-electron chi connectivity index (χ4n) is 9.13. The number of esters is 3. The van der Waals surface area contributed by atoms with E-state index in [0.717, 1.165) is 109 Å². The van der Waals surface area contributed by atoms with Gasteiger partial charge in [-0.05, 0) is 77.0 Å². The van der Waals surface area contributed by atoms with E-state index in [1.165, 1.54) is 167 Å². The summed E-state index contributed by atoms with van der Waals surface area (Å²) in [4.78, 5) is 38.3. The van der Waals surface area contributed by atoms with Gasteiger partial charge in [-0.1, -0.05) is 305 Å². The molecule has 0 aromatic rings. The first kappa shape index (κ1) is 71.6. The average Bonchev–Trinajstić information content (AvgIpc) is 3.41. The summed E-state index contributed by atoms with van der Waals surface area (Å²) in [7, 11) is 0. The third-order valence-corrected chi connectivity index (χ3v) is 13.9. The zero-order chi connectivity index (χ0) is 54.3. The molecule has 0 saturated heterocycles. The Bertz CT molecular complexity index is 1430. The van der Waals surface area contributed by atoms with Crippen LogP contribution in [0.4, 0.5) is 0 Å². The van der Waals surface area contributed by atoms with Crippen LogP contribution in [0.1, 0.15) is 316 Å². The van der Waals surface area contributed by atoms with Crippen LogP contribution in [0.3, 0.4) is 0 Å². The monoisotopic (exact) mass is 1040 g/mol. The number of carbonyl (C=O) groups excluding carboxylic acids is 3. The maximum Gasteiger partial charge on any atom is 0.306 e. The third-order valence-electron chi connectivity index (χ3n) is 13.9. The number of carbonyl (C=O) groups is 3. The predicted molar refractivity (Wildman–Crippen MR) is 325 cm³/mol. The van der Waals surface area contributed by atoms with Crippen LogP contribution in [0, 0.1) is 0 Å². The van der Waals surface area contributed by atoms with Crippen LogP contribution in [0.2, 0.25) is 0 Å². The molecule has 1 atom stereocenters. The van der Waals surface area contributed by atoms with Crippen LogP contribution in [-0.2, 0) is 28.6 Å². The van der Waals surface area contributed by atoms with Gasteiger partial charge >= 0.3 is 17.9 Å². The highest BCUT2D eigenvalue weighted by Crippen LogP contribution is 2.17. The molecule has 432 valence electrons. The molecule has 0 fully saturated rings. The van der Waals surface area contributed by atoms with Crippen molar-refractivity contribution in [2.24, 2.45) is 0 Å². The zero-order valence-electron chi connectivity index (χ0n) is 49.6. The number of unbranched alkanes of at least 4 members (excludes halogenated alkanes) is 33. The standard InChI is InChI=1S/C69H120O6/c1-4-7-10-13-16-19-22-25-28-31-32-33-34-35-36-37-38-39-42-44-47-50-53-56-59-62-68(71)74-65-66(75-69(72)63-60-57-54-51-48-45-41-30-27-24-21-18-15-12-9-6-3)64-73-67(70)61-58-55-52-49-46-43-40-29-26-23-20-17-14-11-8-5-2/h7,10,16,19,25,28,32-33,35-36,38-39,44,47,66H,4-6,8-9,11-15,17-18,20-24,26-27,29-31,34,37,40-43,45-46,48-65H2,1-3H3/b10-7-,19-16-,28-25-,33-32-,36-35-,39-38-,47-44-. The Labute approximate surface area is 465 Å². The van der Waals surface area contributed by atoms with Gasteiger partial charge in [0.05, 0.1) is 0 Å². The van der Waals surface area contributed by atoms with Crippen molar-refractivity contribution in [3.63, 3.8) is 0 Å². The Morgan fingerprint density at radius 1 is 0.280 bits per heavy atom. The molecule has 0 aromatic carbocycles. The van der Waals surface area contributed by atoms with Crippen molar-refractivity contribution < 1.29 is 28.6 Å². The molecule has 75 heavy (non-hydrogen) atoms. The van der Waals surface area contributed by atoms with E-state index in [9.17, 15) is 14.4 Å². The van der Waals surface area contributed by atoms with E-state index in [-0.39, 0.29) is 31.1 Å². The number of rotatable bonds is 58. The molecular formula is C69H120O6. The fraction of sp³-hybridized carbons (Fsp3) is 0.754. The van der Waals surface area contributed by atoms with Gasteiger partial charge in [0.15, 0.2) is 6.10 Å². The van der Waals surface area contributed by atoms with E-state index in [1.807, 2.05) is 0 Å². The second-order valence-electron chi connectivity index (χ2n) is 21.3. The van der Waals surface area contributed by atoms with E-state index >= 15 is 0 Å². The highest BCUT2D eigenvalue weighted by molar-refractivity contribution is 5.71. The quantitative estimate of drug-likeness (QED) is 0.0261. The summed E-state index contributed by atoms with van der Waals surface area (Å²) >= 11 is 0. The first-order chi connectivity index (χ1) is 37.0. The molecule has 0 radical (unpaired) electrons. The first-order valence-electron chi connectivity index (χ1n) is 32.1. The molecule has 0 heterocycles. The van der Waals surface area contributed by atoms with E-state index < -0.39 is 6.10 Å². The van der Waals surface area contributed by atoms with Gasteiger partial charge in [0.25, 0.3) is 0 Å². The Hall–Kier alpha value is -3.41. The zero-order valence-corrected chi connectivity index (χ0v) is 49.6. The molecule has 0 saturated carbocycles. The number of allylic oxidation sites excluding steroid dienone is 14. The Morgan fingerprint density at radius 3 is 0.813 bits per heavy atom. The summed E-state index contributed by atoms with van der Waals surface area (Å²) in [5, 5.41) is 0. The van der Waals surface area contributed by atoms with E-state index in [0.29, 0.717) is 19.3 Å². The second-order valence-corrected chi connectivity index (χ2v) is 21.3. The molecule has 0 amide bonds. The molecule has 0 bridgehead atoms. The van der Waals surface area contributed by atoms with Crippen molar-refractivity contribution in [1.82, 2.24) is 0 Å². The summed E-state index contributed by atoms with van der Waals surface area (Å²) in [6.45, 7) is 6.54. The third kappa shape index (κ3) is 61.3. The Kier molecular flexibility index (Phi) is 60.3. The van der Waals surface area contributed by atoms with Gasteiger partial charge in [0.1, 0.15) is 13.2 Å². The van der Waals surface area contributed by atoms with Crippen LogP contribution in [-0.4, -0.2) is 37.2 Å². The van der Waals surface area contributed by atoms with Gasteiger partial charge in [0, 0.05) is 19.3 Å². The molecule has 0 aliphatic carbocycles. The summed E-state index contributed by atoms with van der Waals surface area (Å²) in [6.07, 6.45) is 83.0. The SMILES string of the molecule is CC/C=C\C/C=C\C/C=C\C/C=C\C/C=C\C/C=C\C/C=C\CCCCCC(=O)OCC(COC(=O)CCCCCCCCCCCCCCCCCC)OC(=O)CCCCCCCCCCCCCCCCCC. The molecule has 6 nitrogen and oxygen atoms in total. The number of hydrogen-bond donors (Lipinski definition) is 0. The van der Waals surface area contributed by atoms with Gasteiger partial charge < -0.3 is 14.2 Å². The lowest BCUT2D eigenvalue weighted by Gasteiger charge is -2.18. The minimum atomic E-state index is -0.788. The Morgan fingerprint density at radius 2 is 0.520 bits per heavy atom. The highest BCUT2D eigenvalue weighted by atomic mass is 16.6. The lowest BCUT2D eigenvalue weighted by atomic mass is 10.0. The lowest BCUT2D eigenvalue weighted by Crippen LogP contribution is -2.30. The Balaban J connectivity index is 4.40. The molecule has 0 aliphatic rings. The second kappa shape index (κ2) is 63.1. The van der Waals surface area contributed by atoms with Crippen molar-refractivity contribution in [1.29, 1.82) is 0 Å². The van der Waals surface area contributed by atoms with Crippen LogP contribution < -0.4 is 0 Å². The largest absolute Gasteiger partial charge is 0.462 e. The molecule has 0 aliphatic heterocycles. The summed E-state index contributed by atoms with van der Waals surface area (Å²) < 4.78 is 16.9. The van der Waals surface area contributed by atoms with Gasteiger partial charge in [0.2, 0.25) is 0 Å². The lowest BCUT2D eigenvalue weighted by molar-refractivity contribution is -0.167. The number of hydrogen-bond acceptors (Lipinski definition) is 6. The predicted octanol–water partition coefficient (Wildman–Crippen LogP) is 21.9. The maximum absolute atomic E-state index is 12.9. The van der Waals surface area contributed by atoms with Crippen molar-refractivity contribution in [3.05, 3.63) is 85.1 Å². The van der Waals surface area contributed by atoms with Crippen LogP contribution >= 0.6 is 0 Å². The molecule has 0 aromatic heterocycles. The topological polar surface area (TPSA) is 78.9 Å². The van der Waals surface area contributed by atoms with Gasteiger partial charge in [-0.15, -0.1) is 0 Å². The summed E-state index contributed by atoms with van der Waals surface area (Å²) in [6, 6.07) is 0. The van der Waals surface area contributed by atoms with Crippen molar-refractivity contribution in [2.75, 3.05) is 13.2 Å². The van der Waals surface area contributed by atoms with Crippen molar-refractivity contribution >= 4 is 17.9 Å². The highest BCUT2D eigenvalue weighted by Gasteiger charge is 2.19. The summed E-state index contributed by atoms with van der Waals surface area (Å²) in [5.41, 5.74) is 0. The smallest absolute Gasteiger partial charge is 0.306 e. The first-order valence-corrected chi connectivity index (χ1v) is 32.1. The van der Waals surface area contributed by atoms with Gasteiger partial charge in [-0.3, -0.25) is 14.4 Å². The fourth-order valence-corrected chi connectivity index (χ4v) is 9.13. The molecule has 0 N–H and O–H groups in total. The number of ether oxygens (including phenoxy) is 3. The average molecular weight is 1050 g/mol. The van der Waals surface area contributed by atoms with Crippen molar-refractivity contribution in [3.8, 4) is 0 Å². The summed E-state index contributed by atoms with van der Waals surface area (Å²) in [5.74, 6) is -0.900. The van der Waals surface area contributed by atoms with Crippen LogP contribution in [0.25, 0.3) is 0 Å². The minimum Gasteiger partial charge on any atom is -0.462 e. The molecule has 0 rings (SSSR count). The van der Waals surface area contributed by atoms with E-state index in [1.54, 1.807) is 0 Å². The van der Waals surface area contributed by atoms with Crippen LogP contribution in [0.5, 0.6) is 0 Å². The van der Waals surface area contributed by atoms with Gasteiger partial charge in [-0.2, -0.15) is 0 Å². The normalized spacial score (nSPS) is 12.6. The minimum absolute atomic E-state index is 0.0828. The van der Waals surface area contributed by atoms with Crippen LogP contribution in [0.15, 0.2) is 85.1 Å². The molecule has 6 heteroatoms. The molecular weight excluding hydrogens is 925 g/mol. The van der Waals surface area contributed by atoms with Gasteiger partial charge in [-0.25, -0.2) is 0 Å². The van der Waals surface area contributed by atoms with Crippen molar-refractivity contribution in [2.45, 2.75) is 322 Å². The maximum atomic E-state index is 12.9. The van der Waals surface area contributed by atoms with E-state index in [4.69, 9.17) is 14.2 Å². The van der Waals surface area contributed by atoms with E-state index in [2.05, 4.69) is 106 Å². The molecule has 0 spiro atoms. The molecule has 1 unspecified atom stereocenters.